The average molecular weight is 322 g/mol. The number of hydrogen-bond donors (Lipinski definition) is 0. The Morgan fingerprint density at radius 1 is 1.27 bits per heavy atom. The summed E-state index contributed by atoms with van der Waals surface area (Å²) in [6.45, 7) is 1.86. The second-order valence-corrected chi connectivity index (χ2v) is 5.39. The van der Waals surface area contributed by atoms with E-state index in [2.05, 4.69) is 0 Å². The molecule has 0 fully saturated rings. The van der Waals surface area contributed by atoms with Crippen molar-refractivity contribution in [2.24, 2.45) is 0 Å². The number of benzene rings is 2. The number of ether oxygens (including phenoxy) is 1. The first-order valence-corrected chi connectivity index (χ1v) is 7.18. The van der Waals surface area contributed by atoms with Crippen molar-refractivity contribution in [3.05, 3.63) is 64.4 Å². The zero-order valence-corrected chi connectivity index (χ0v) is 13.4. The van der Waals surface area contributed by atoms with Crippen LogP contribution in [0.2, 0.25) is 5.02 Å². The Balaban J connectivity index is 2.30. The van der Waals surface area contributed by atoms with Crippen molar-refractivity contribution in [2.75, 3.05) is 14.2 Å². The normalized spacial score (nSPS) is 11.9. The fourth-order valence-corrected chi connectivity index (χ4v) is 2.41. The summed E-state index contributed by atoms with van der Waals surface area (Å²) in [5, 5.41) is 0.259. The van der Waals surface area contributed by atoms with Crippen LogP contribution in [0.25, 0.3) is 0 Å². The average Bonchev–Trinajstić information content (AvgIpc) is 2.52. The van der Waals surface area contributed by atoms with E-state index in [4.69, 9.17) is 16.3 Å². The summed E-state index contributed by atoms with van der Waals surface area (Å²) < 4.78 is 19.2. The predicted octanol–water partition coefficient (Wildman–Crippen LogP) is 4.32. The smallest absolute Gasteiger partial charge is 0.257 e. The molecule has 0 aliphatic heterocycles. The summed E-state index contributed by atoms with van der Waals surface area (Å²) in [4.78, 5) is 14.0. The fraction of sp³-hybridized carbons (Fsp3) is 0.235. The molecule has 0 radical (unpaired) electrons. The van der Waals surface area contributed by atoms with E-state index in [-0.39, 0.29) is 16.6 Å². The largest absolute Gasteiger partial charge is 0.496 e. The zero-order chi connectivity index (χ0) is 16.3. The van der Waals surface area contributed by atoms with E-state index in [0.717, 1.165) is 11.6 Å². The van der Waals surface area contributed by atoms with Crippen molar-refractivity contribution in [2.45, 2.75) is 13.0 Å². The second-order valence-electron chi connectivity index (χ2n) is 4.96. The minimum Gasteiger partial charge on any atom is -0.496 e. The molecule has 1 atom stereocenters. The molecule has 2 rings (SSSR count). The van der Waals surface area contributed by atoms with Crippen LogP contribution < -0.4 is 4.74 Å². The first-order chi connectivity index (χ1) is 10.5. The molecule has 1 amide bonds. The van der Waals surface area contributed by atoms with Gasteiger partial charge in [-0.15, -0.1) is 0 Å². The molecule has 22 heavy (non-hydrogen) atoms. The maximum Gasteiger partial charge on any atom is 0.257 e. The molecule has 3 nitrogen and oxygen atoms in total. The lowest BCUT2D eigenvalue weighted by atomic mass is 10.0. The summed E-state index contributed by atoms with van der Waals surface area (Å²) in [5.74, 6) is -0.352. The van der Waals surface area contributed by atoms with E-state index in [1.54, 1.807) is 14.2 Å². The van der Waals surface area contributed by atoms with E-state index in [1.807, 2.05) is 31.2 Å². The lowest BCUT2D eigenvalue weighted by Gasteiger charge is -2.26. The molecular weight excluding hydrogens is 305 g/mol. The molecule has 0 saturated carbocycles. The Hall–Kier alpha value is -2.07. The van der Waals surface area contributed by atoms with Crippen LogP contribution in [-0.2, 0) is 0 Å². The lowest BCUT2D eigenvalue weighted by molar-refractivity contribution is 0.0736. The Morgan fingerprint density at radius 2 is 1.95 bits per heavy atom. The van der Waals surface area contributed by atoms with E-state index < -0.39 is 11.7 Å². The molecule has 0 bridgehead atoms. The minimum atomic E-state index is -0.628. The van der Waals surface area contributed by atoms with Crippen molar-refractivity contribution in [3.63, 3.8) is 0 Å². The number of carbonyl (C=O) groups is 1. The van der Waals surface area contributed by atoms with Crippen LogP contribution in [0, 0.1) is 5.82 Å². The highest BCUT2D eigenvalue weighted by Crippen LogP contribution is 2.29. The van der Waals surface area contributed by atoms with Crippen LogP contribution in [0.4, 0.5) is 4.39 Å². The molecular formula is C17H17ClFNO2. The number of amides is 1. The third kappa shape index (κ3) is 3.22. The van der Waals surface area contributed by atoms with Crippen molar-refractivity contribution in [1.29, 1.82) is 0 Å². The topological polar surface area (TPSA) is 29.5 Å². The molecule has 116 valence electrons. The quantitative estimate of drug-likeness (QED) is 0.839. The Labute approximate surface area is 134 Å². The first kappa shape index (κ1) is 16.3. The van der Waals surface area contributed by atoms with Gasteiger partial charge >= 0.3 is 0 Å². The Kier molecular flexibility index (Phi) is 5.03. The molecule has 0 unspecified atom stereocenters. The number of rotatable bonds is 4. The fourth-order valence-electron chi connectivity index (χ4n) is 2.25. The Bertz CT molecular complexity index is 690. The lowest BCUT2D eigenvalue weighted by Crippen LogP contribution is -2.30. The van der Waals surface area contributed by atoms with Crippen LogP contribution in [0.15, 0.2) is 42.5 Å². The van der Waals surface area contributed by atoms with Crippen LogP contribution in [0.1, 0.15) is 28.9 Å². The predicted molar refractivity (Wildman–Crippen MR) is 84.9 cm³/mol. The molecule has 0 N–H and O–H groups in total. The third-order valence-corrected chi connectivity index (χ3v) is 3.89. The van der Waals surface area contributed by atoms with E-state index in [9.17, 15) is 9.18 Å². The molecule has 0 heterocycles. The summed E-state index contributed by atoms with van der Waals surface area (Å²) in [6.07, 6.45) is 0. The monoisotopic (exact) mass is 321 g/mol. The van der Waals surface area contributed by atoms with Gasteiger partial charge < -0.3 is 9.64 Å². The number of carbonyl (C=O) groups excluding carboxylic acids is 1. The second kappa shape index (κ2) is 6.79. The highest BCUT2D eigenvalue weighted by molar-refractivity contribution is 6.30. The van der Waals surface area contributed by atoms with Crippen LogP contribution in [0.5, 0.6) is 5.75 Å². The molecule has 2 aromatic carbocycles. The molecule has 0 aromatic heterocycles. The summed E-state index contributed by atoms with van der Waals surface area (Å²) in [7, 11) is 3.21. The van der Waals surface area contributed by atoms with Crippen molar-refractivity contribution < 1.29 is 13.9 Å². The molecule has 0 aliphatic rings. The van der Waals surface area contributed by atoms with Gasteiger partial charge in [-0.1, -0.05) is 29.8 Å². The van der Waals surface area contributed by atoms with Gasteiger partial charge in [0.25, 0.3) is 5.91 Å². The van der Waals surface area contributed by atoms with Gasteiger partial charge in [0.05, 0.1) is 18.7 Å². The minimum absolute atomic E-state index is 0.00588. The molecule has 0 spiro atoms. The van der Waals surface area contributed by atoms with Gasteiger partial charge in [0, 0.05) is 17.6 Å². The zero-order valence-electron chi connectivity index (χ0n) is 12.6. The summed E-state index contributed by atoms with van der Waals surface area (Å²) in [5.41, 5.74) is 0.851. The van der Waals surface area contributed by atoms with E-state index in [0.29, 0.717) is 5.75 Å². The summed E-state index contributed by atoms with van der Waals surface area (Å²) in [6, 6.07) is 11.2. The van der Waals surface area contributed by atoms with Gasteiger partial charge in [0.1, 0.15) is 11.6 Å². The molecule has 0 saturated heterocycles. The standard InChI is InChI=1S/C17H17ClFNO2/c1-11(13-6-4-5-7-16(13)22-3)20(2)17(21)14-9-8-12(18)10-15(14)19/h4-11H,1-3H3/t11-/m1/s1. The number of halogens is 2. The number of nitrogens with zero attached hydrogens (tertiary/aromatic N) is 1. The van der Waals surface area contributed by atoms with Gasteiger partial charge in [-0.05, 0) is 31.2 Å². The van der Waals surface area contributed by atoms with Gasteiger partial charge in [0.2, 0.25) is 0 Å². The van der Waals surface area contributed by atoms with Crippen LogP contribution >= 0.6 is 11.6 Å². The van der Waals surface area contributed by atoms with Crippen molar-refractivity contribution in [3.8, 4) is 5.75 Å². The van der Waals surface area contributed by atoms with Gasteiger partial charge in [-0.2, -0.15) is 0 Å². The third-order valence-electron chi connectivity index (χ3n) is 3.65. The maximum absolute atomic E-state index is 13.9. The molecule has 5 heteroatoms. The SMILES string of the molecule is COc1ccccc1[C@@H](C)N(C)C(=O)c1ccc(Cl)cc1F. The first-order valence-electron chi connectivity index (χ1n) is 6.80. The number of hydrogen-bond acceptors (Lipinski definition) is 2. The highest BCUT2D eigenvalue weighted by atomic mass is 35.5. The van der Waals surface area contributed by atoms with Crippen molar-refractivity contribution in [1.82, 2.24) is 4.90 Å². The van der Waals surface area contributed by atoms with Gasteiger partial charge in [-0.3, -0.25) is 4.79 Å². The highest BCUT2D eigenvalue weighted by Gasteiger charge is 2.23. The number of methoxy groups -OCH3 is 1. The van der Waals surface area contributed by atoms with Crippen molar-refractivity contribution >= 4 is 17.5 Å². The number of para-hydroxylation sites is 1. The summed E-state index contributed by atoms with van der Waals surface area (Å²) >= 11 is 5.72. The maximum atomic E-state index is 13.9. The van der Waals surface area contributed by atoms with Gasteiger partial charge in [-0.25, -0.2) is 4.39 Å². The van der Waals surface area contributed by atoms with E-state index in [1.165, 1.54) is 17.0 Å². The molecule has 0 aliphatic carbocycles. The Morgan fingerprint density at radius 3 is 2.59 bits per heavy atom. The van der Waals surface area contributed by atoms with Crippen LogP contribution in [0.3, 0.4) is 0 Å². The molecule has 2 aromatic rings. The van der Waals surface area contributed by atoms with Gasteiger partial charge in [0.15, 0.2) is 0 Å². The van der Waals surface area contributed by atoms with Crippen LogP contribution in [-0.4, -0.2) is 25.0 Å². The van der Waals surface area contributed by atoms with E-state index >= 15 is 0 Å².